The molecule has 5 rings (SSSR count). The molecule has 1 spiro atoms. The van der Waals surface area contributed by atoms with Crippen LogP contribution in [-0.4, -0.2) is 46.8 Å². The van der Waals surface area contributed by atoms with E-state index in [0.717, 1.165) is 75.2 Å². The van der Waals surface area contributed by atoms with E-state index in [1.165, 1.54) is 18.6 Å². The van der Waals surface area contributed by atoms with Crippen LogP contribution in [0.1, 0.15) is 47.4 Å². The normalized spacial score (nSPS) is 21.0. The third kappa shape index (κ3) is 2.87. The summed E-state index contributed by atoms with van der Waals surface area (Å²) >= 11 is 0. The topological polar surface area (TPSA) is 50.2 Å². The minimum Gasteiger partial charge on any atom is -0.337 e. The summed E-state index contributed by atoms with van der Waals surface area (Å²) in [6, 6.07) is 6.35. The number of nitrogens with zero attached hydrogens (tertiary/aromatic N) is 3. The molecule has 27 heavy (non-hydrogen) atoms. The Hall–Kier alpha value is -2.21. The van der Waals surface area contributed by atoms with Gasteiger partial charge in [-0.1, -0.05) is 0 Å². The first-order chi connectivity index (χ1) is 13.2. The van der Waals surface area contributed by atoms with Crippen LogP contribution < -0.4 is 5.32 Å². The number of rotatable bonds is 2. The van der Waals surface area contributed by atoms with Gasteiger partial charge in [0.2, 0.25) is 0 Å². The summed E-state index contributed by atoms with van der Waals surface area (Å²) in [4.78, 5) is 15.2. The highest BCUT2D eigenvalue weighted by molar-refractivity contribution is 5.94. The summed E-state index contributed by atoms with van der Waals surface area (Å²) in [6.45, 7) is 3.82. The molecule has 5 nitrogen and oxygen atoms in total. The van der Waals surface area contributed by atoms with Crippen LogP contribution in [-0.2, 0) is 12.8 Å². The molecule has 0 radical (unpaired) electrons. The number of fused-ring (bicyclic) bond motifs is 1. The molecule has 0 atom stereocenters. The van der Waals surface area contributed by atoms with Crippen LogP contribution in [0.3, 0.4) is 0 Å². The van der Waals surface area contributed by atoms with Crippen LogP contribution in [0.2, 0.25) is 0 Å². The highest BCUT2D eigenvalue weighted by Gasteiger charge is 2.39. The molecule has 2 aromatic rings. The van der Waals surface area contributed by atoms with Gasteiger partial charge in [0.25, 0.3) is 5.91 Å². The monoisotopic (exact) mass is 368 g/mol. The second-order valence-corrected chi connectivity index (χ2v) is 8.23. The third-order valence-electron chi connectivity index (χ3n) is 6.65. The average molecular weight is 368 g/mol. The first kappa shape index (κ1) is 16.9. The smallest absolute Gasteiger partial charge is 0.274 e. The second kappa shape index (κ2) is 6.44. The molecule has 3 heterocycles. The lowest BCUT2D eigenvalue weighted by Gasteiger charge is -2.38. The Bertz CT molecular complexity index is 857. The maximum Gasteiger partial charge on any atom is 0.274 e. The van der Waals surface area contributed by atoms with Gasteiger partial charge in [0.1, 0.15) is 5.82 Å². The molecule has 2 fully saturated rings. The maximum atomic E-state index is 13.3. The van der Waals surface area contributed by atoms with Gasteiger partial charge in [-0.15, -0.1) is 0 Å². The number of benzene rings is 1. The minimum absolute atomic E-state index is 0.0646. The molecule has 1 N–H and O–H groups in total. The van der Waals surface area contributed by atoms with E-state index in [4.69, 9.17) is 0 Å². The van der Waals surface area contributed by atoms with Crippen LogP contribution in [0.5, 0.6) is 0 Å². The summed E-state index contributed by atoms with van der Waals surface area (Å²) in [5.74, 6) is -0.197. The quantitative estimate of drug-likeness (QED) is 0.887. The van der Waals surface area contributed by atoms with Crippen LogP contribution in [0.25, 0.3) is 5.69 Å². The van der Waals surface area contributed by atoms with E-state index in [9.17, 15) is 9.18 Å². The molecular formula is C21H25FN4O. The fourth-order valence-corrected chi connectivity index (χ4v) is 4.96. The molecule has 1 aliphatic carbocycles. The van der Waals surface area contributed by atoms with Crippen molar-refractivity contribution >= 4 is 5.91 Å². The van der Waals surface area contributed by atoms with Gasteiger partial charge in [0.15, 0.2) is 5.69 Å². The molecule has 2 saturated heterocycles. The van der Waals surface area contributed by atoms with E-state index in [2.05, 4.69) is 10.4 Å². The summed E-state index contributed by atoms with van der Waals surface area (Å²) < 4.78 is 15.1. The van der Waals surface area contributed by atoms with Crippen molar-refractivity contribution in [2.24, 2.45) is 5.41 Å². The van der Waals surface area contributed by atoms with Gasteiger partial charge in [-0.05, 0) is 74.8 Å². The fraction of sp³-hybridized carbons (Fsp3) is 0.524. The van der Waals surface area contributed by atoms with E-state index in [1.54, 1.807) is 12.1 Å². The first-order valence-electron chi connectivity index (χ1n) is 10.0. The van der Waals surface area contributed by atoms with Crippen LogP contribution >= 0.6 is 0 Å². The van der Waals surface area contributed by atoms with E-state index in [0.29, 0.717) is 11.1 Å². The molecule has 142 valence electrons. The zero-order valence-corrected chi connectivity index (χ0v) is 15.5. The molecule has 1 amide bonds. The van der Waals surface area contributed by atoms with E-state index in [1.807, 2.05) is 9.58 Å². The first-order valence-corrected chi connectivity index (χ1v) is 10.0. The number of hydrogen-bond acceptors (Lipinski definition) is 3. The Morgan fingerprint density at radius 1 is 1.11 bits per heavy atom. The van der Waals surface area contributed by atoms with Gasteiger partial charge < -0.3 is 10.2 Å². The van der Waals surface area contributed by atoms with Crippen molar-refractivity contribution in [1.82, 2.24) is 20.0 Å². The largest absolute Gasteiger partial charge is 0.337 e. The lowest BCUT2D eigenvalue weighted by Crippen LogP contribution is -2.44. The Morgan fingerprint density at radius 2 is 1.89 bits per heavy atom. The zero-order valence-electron chi connectivity index (χ0n) is 15.5. The van der Waals surface area contributed by atoms with Gasteiger partial charge in [0, 0.05) is 30.9 Å². The highest BCUT2D eigenvalue weighted by atomic mass is 19.1. The molecule has 0 unspecified atom stereocenters. The van der Waals surface area contributed by atoms with Gasteiger partial charge in [-0.2, -0.15) is 5.10 Å². The number of halogens is 1. The number of hydrogen-bond donors (Lipinski definition) is 1. The van der Waals surface area contributed by atoms with Crippen molar-refractivity contribution in [2.75, 3.05) is 26.2 Å². The molecule has 1 aromatic heterocycles. The maximum absolute atomic E-state index is 13.3. The van der Waals surface area contributed by atoms with Crippen LogP contribution in [0.4, 0.5) is 4.39 Å². The van der Waals surface area contributed by atoms with E-state index in [-0.39, 0.29) is 11.7 Å². The Kier molecular flexibility index (Phi) is 4.04. The fourth-order valence-electron chi connectivity index (χ4n) is 4.96. The zero-order chi connectivity index (χ0) is 18.4. The molecule has 3 aliphatic rings. The Labute approximate surface area is 158 Å². The summed E-state index contributed by atoms with van der Waals surface area (Å²) in [5.41, 5.74) is 4.02. The average Bonchev–Trinajstić information content (AvgIpc) is 3.40. The predicted octanol–water partition coefficient (Wildman–Crippen LogP) is 2.72. The second-order valence-electron chi connectivity index (χ2n) is 8.23. The van der Waals surface area contributed by atoms with Gasteiger partial charge in [-0.25, -0.2) is 9.07 Å². The predicted molar refractivity (Wildman–Crippen MR) is 101 cm³/mol. The molecule has 0 saturated carbocycles. The summed E-state index contributed by atoms with van der Waals surface area (Å²) in [7, 11) is 0. The third-order valence-corrected chi connectivity index (χ3v) is 6.65. The van der Waals surface area contributed by atoms with Gasteiger partial charge in [0.05, 0.1) is 5.69 Å². The molecule has 6 heteroatoms. The number of carbonyl (C=O) groups excluding carboxylic acids is 1. The van der Waals surface area contributed by atoms with Crippen LogP contribution in [0, 0.1) is 11.2 Å². The van der Waals surface area contributed by atoms with Crippen molar-refractivity contribution in [2.45, 2.75) is 38.5 Å². The van der Waals surface area contributed by atoms with Crippen molar-refractivity contribution < 1.29 is 9.18 Å². The van der Waals surface area contributed by atoms with Crippen LogP contribution in [0.15, 0.2) is 24.3 Å². The number of piperidine rings is 1. The van der Waals surface area contributed by atoms with Crippen molar-refractivity contribution in [3.8, 4) is 5.69 Å². The number of amides is 1. The highest BCUT2D eigenvalue weighted by Crippen LogP contribution is 2.37. The number of likely N-dealkylation sites (tertiary alicyclic amines) is 1. The lowest BCUT2D eigenvalue weighted by atomic mass is 9.78. The van der Waals surface area contributed by atoms with Crippen molar-refractivity contribution in [1.29, 1.82) is 0 Å². The summed E-state index contributed by atoms with van der Waals surface area (Å²) in [6.07, 6.45) is 6.24. The van der Waals surface area contributed by atoms with Crippen molar-refractivity contribution in [3.63, 3.8) is 0 Å². The number of carbonyl (C=O) groups is 1. The SMILES string of the molecule is O=C(c1nn(-c2ccc(F)cc2)c2c1CCC2)N1CCC2(CCNC2)CC1. The summed E-state index contributed by atoms with van der Waals surface area (Å²) in [5, 5.41) is 8.16. The molecule has 0 bridgehead atoms. The minimum atomic E-state index is -0.262. The van der Waals surface area contributed by atoms with Crippen molar-refractivity contribution in [3.05, 3.63) is 47.0 Å². The number of aromatic nitrogens is 2. The standard InChI is InChI=1S/C21H25FN4O/c22-15-4-6-16(7-5-15)26-18-3-1-2-17(18)19(24-26)20(27)25-12-9-21(10-13-25)8-11-23-14-21/h4-7,23H,1-3,8-14H2. The van der Waals surface area contributed by atoms with E-state index >= 15 is 0 Å². The molecule has 2 aliphatic heterocycles. The molecule has 1 aromatic carbocycles. The Balaban J connectivity index is 1.41. The molecular weight excluding hydrogens is 343 g/mol. The van der Waals surface area contributed by atoms with Gasteiger partial charge in [-0.3, -0.25) is 4.79 Å². The number of nitrogens with one attached hydrogen (secondary N) is 1. The van der Waals surface area contributed by atoms with E-state index < -0.39 is 0 Å². The van der Waals surface area contributed by atoms with Gasteiger partial charge >= 0.3 is 0 Å². The Morgan fingerprint density at radius 3 is 2.59 bits per heavy atom. The lowest BCUT2D eigenvalue weighted by molar-refractivity contribution is 0.0600.